The van der Waals surface area contributed by atoms with E-state index in [1.54, 1.807) is 11.0 Å². The number of nitrogens with zero attached hydrogens (tertiary/aromatic N) is 1. The molecule has 1 aromatic rings. The van der Waals surface area contributed by atoms with Crippen LogP contribution in [0.5, 0.6) is 0 Å². The van der Waals surface area contributed by atoms with Gasteiger partial charge in [0.2, 0.25) is 0 Å². The van der Waals surface area contributed by atoms with E-state index in [9.17, 15) is 9.18 Å². The number of hydrogen-bond acceptors (Lipinski definition) is 3. The molecule has 0 saturated carbocycles. The summed E-state index contributed by atoms with van der Waals surface area (Å²) in [6.45, 7) is 7.51. The van der Waals surface area contributed by atoms with Gasteiger partial charge in [0.25, 0.3) is 0 Å². The SMILES string of the molecule is CC(C)(C)OC(=O)N1CC[C@@H](NCc2cccc(F)c2)C1. The maximum Gasteiger partial charge on any atom is 0.410 e. The fraction of sp³-hybridized carbons (Fsp3) is 0.562. The Balaban J connectivity index is 1.79. The molecule has 0 bridgehead atoms. The number of benzene rings is 1. The second-order valence-electron chi connectivity index (χ2n) is 6.42. The number of amides is 1. The topological polar surface area (TPSA) is 41.6 Å². The van der Waals surface area contributed by atoms with Crippen LogP contribution >= 0.6 is 0 Å². The molecule has 21 heavy (non-hydrogen) atoms. The Bertz CT molecular complexity index is 499. The van der Waals surface area contributed by atoms with Gasteiger partial charge in [-0.1, -0.05) is 12.1 Å². The normalized spacial score (nSPS) is 18.9. The lowest BCUT2D eigenvalue weighted by molar-refractivity contribution is 0.0291. The molecule has 116 valence electrons. The van der Waals surface area contributed by atoms with Crippen LogP contribution in [0.3, 0.4) is 0 Å². The van der Waals surface area contributed by atoms with Crippen molar-refractivity contribution in [1.82, 2.24) is 10.2 Å². The Morgan fingerprint density at radius 1 is 1.48 bits per heavy atom. The van der Waals surface area contributed by atoms with E-state index in [2.05, 4.69) is 5.32 Å². The largest absolute Gasteiger partial charge is 0.444 e. The molecule has 2 rings (SSSR count). The molecule has 0 radical (unpaired) electrons. The molecular weight excluding hydrogens is 271 g/mol. The summed E-state index contributed by atoms with van der Waals surface area (Å²) in [4.78, 5) is 13.7. The van der Waals surface area contributed by atoms with E-state index in [0.717, 1.165) is 12.0 Å². The molecule has 0 aliphatic carbocycles. The number of rotatable bonds is 3. The third-order valence-corrected chi connectivity index (χ3v) is 3.32. The summed E-state index contributed by atoms with van der Waals surface area (Å²) in [6, 6.07) is 6.77. The quantitative estimate of drug-likeness (QED) is 0.932. The van der Waals surface area contributed by atoms with Gasteiger partial charge in [0.1, 0.15) is 11.4 Å². The molecule has 1 aliphatic rings. The highest BCUT2D eigenvalue weighted by molar-refractivity contribution is 5.68. The Kier molecular flexibility index (Phi) is 4.83. The number of hydrogen-bond donors (Lipinski definition) is 1. The predicted molar refractivity (Wildman–Crippen MR) is 79.5 cm³/mol. The number of carbonyl (C=O) groups excluding carboxylic acids is 1. The predicted octanol–water partition coefficient (Wildman–Crippen LogP) is 2.92. The summed E-state index contributed by atoms with van der Waals surface area (Å²) in [5.74, 6) is -0.226. The lowest BCUT2D eigenvalue weighted by Gasteiger charge is -2.24. The first-order valence-electron chi connectivity index (χ1n) is 7.29. The molecule has 1 heterocycles. The lowest BCUT2D eigenvalue weighted by atomic mass is 10.2. The molecular formula is C16H23FN2O2. The summed E-state index contributed by atoms with van der Waals surface area (Å²) < 4.78 is 18.5. The van der Waals surface area contributed by atoms with Gasteiger partial charge < -0.3 is 15.0 Å². The van der Waals surface area contributed by atoms with Crippen molar-refractivity contribution in [2.75, 3.05) is 13.1 Å². The molecule has 1 aliphatic heterocycles. The minimum atomic E-state index is -0.468. The van der Waals surface area contributed by atoms with Gasteiger partial charge in [0.05, 0.1) is 0 Å². The van der Waals surface area contributed by atoms with Crippen LogP contribution in [0.2, 0.25) is 0 Å². The highest BCUT2D eigenvalue weighted by atomic mass is 19.1. The third kappa shape index (κ3) is 5.01. The number of nitrogens with one attached hydrogen (secondary N) is 1. The number of carbonyl (C=O) groups is 1. The van der Waals surface area contributed by atoms with Gasteiger partial charge in [-0.05, 0) is 44.9 Å². The van der Waals surface area contributed by atoms with Crippen LogP contribution in [0.1, 0.15) is 32.8 Å². The van der Waals surface area contributed by atoms with Crippen LogP contribution < -0.4 is 5.32 Å². The molecule has 1 N–H and O–H groups in total. The number of ether oxygens (including phenoxy) is 1. The Hall–Kier alpha value is -1.62. The van der Waals surface area contributed by atoms with E-state index in [1.807, 2.05) is 26.8 Å². The first kappa shape index (κ1) is 15.8. The van der Waals surface area contributed by atoms with Gasteiger partial charge in [-0.3, -0.25) is 0 Å². The molecule has 1 saturated heterocycles. The van der Waals surface area contributed by atoms with E-state index < -0.39 is 5.60 Å². The summed E-state index contributed by atoms with van der Waals surface area (Å²) in [5, 5.41) is 3.36. The highest BCUT2D eigenvalue weighted by Crippen LogP contribution is 2.15. The van der Waals surface area contributed by atoms with Crippen LogP contribution in [-0.2, 0) is 11.3 Å². The van der Waals surface area contributed by atoms with Gasteiger partial charge in [0.15, 0.2) is 0 Å². The zero-order valence-electron chi connectivity index (χ0n) is 12.9. The molecule has 0 unspecified atom stereocenters. The van der Waals surface area contributed by atoms with Crippen molar-refractivity contribution in [2.45, 2.75) is 45.4 Å². The molecule has 0 aromatic heterocycles. The number of halogens is 1. The van der Waals surface area contributed by atoms with Gasteiger partial charge in [0, 0.05) is 25.7 Å². The van der Waals surface area contributed by atoms with Gasteiger partial charge in [-0.2, -0.15) is 0 Å². The van der Waals surface area contributed by atoms with Crippen LogP contribution in [0, 0.1) is 5.82 Å². The Labute approximate surface area is 125 Å². The first-order valence-corrected chi connectivity index (χ1v) is 7.29. The zero-order valence-corrected chi connectivity index (χ0v) is 12.9. The molecule has 4 nitrogen and oxygen atoms in total. The van der Waals surface area contributed by atoms with Crippen molar-refractivity contribution >= 4 is 6.09 Å². The average molecular weight is 294 g/mol. The summed E-state index contributed by atoms with van der Waals surface area (Å²) in [6.07, 6.45) is 0.617. The second-order valence-corrected chi connectivity index (χ2v) is 6.42. The maximum atomic E-state index is 13.1. The lowest BCUT2D eigenvalue weighted by Crippen LogP contribution is -2.38. The van der Waals surface area contributed by atoms with Crippen LogP contribution in [0.4, 0.5) is 9.18 Å². The van der Waals surface area contributed by atoms with Crippen LogP contribution in [0.15, 0.2) is 24.3 Å². The first-order chi connectivity index (χ1) is 9.83. The highest BCUT2D eigenvalue weighted by Gasteiger charge is 2.29. The minimum absolute atomic E-state index is 0.223. The smallest absolute Gasteiger partial charge is 0.410 e. The molecule has 1 aromatic carbocycles. The molecule has 1 amide bonds. The van der Waals surface area contributed by atoms with E-state index in [-0.39, 0.29) is 18.0 Å². The van der Waals surface area contributed by atoms with Crippen LogP contribution in [0.25, 0.3) is 0 Å². The molecule has 1 fully saturated rings. The maximum absolute atomic E-state index is 13.1. The van der Waals surface area contributed by atoms with Crippen LogP contribution in [-0.4, -0.2) is 35.7 Å². The van der Waals surface area contributed by atoms with Crippen molar-refractivity contribution in [2.24, 2.45) is 0 Å². The van der Waals surface area contributed by atoms with E-state index in [0.29, 0.717) is 19.6 Å². The van der Waals surface area contributed by atoms with E-state index in [1.165, 1.54) is 12.1 Å². The van der Waals surface area contributed by atoms with Gasteiger partial charge in [-0.25, -0.2) is 9.18 Å². The average Bonchev–Trinajstić information content (AvgIpc) is 2.83. The monoisotopic (exact) mass is 294 g/mol. The summed E-state index contributed by atoms with van der Waals surface area (Å²) >= 11 is 0. The minimum Gasteiger partial charge on any atom is -0.444 e. The summed E-state index contributed by atoms with van der Waals surface area (Å²) in [5.41, 5.74) is 0.440. The molecule has 5 heteroatoms. The third-order valence-electron chi connectivity index (χ3n) is 3.32. The van der Waals surface area contributed by atoms with Gasteiger partial charge >= 0.3 is 6.09 Å². The van der Waals surface area contributed by atoms with Crippen molar-refractivity contribution in [3.63, 3.8) is 0 Å². The molecule has 0 spiro atoms. The second kappa shape index (κ2) is 6.43. The fourth-order valence-corrected chi connectivity index (χ4v) is 2.33. The zero-order chi connectivity index (χ0) is 15.5. The van der Waals surface area contributed by atoms with Gasteiger partial charge in [-0.15, -0.1) is 0 Å². The van der Waals surface area contributed by atoms with E-state index >= 15 is 0 Å². The molecule has 1 atom stereocenters. The van der Waals surface area contributed by atoms with Crippen molar-refractivity contribution in [3.8, 4) is 0 Å². The van der Waals surface area contributed by atoms with E-state index in [4.69, 9.17) is 4.74 Å². The standard InChI is InChI=1S/C16H23FN2O2/c1-16(2,3)21-15(20)19-8-7-14(11-19)18-10-12-5-4-6-13(17)9-12/h4-6,9,14,18H,7-8,10-11H2,1-3H3/t14-/m1/s1. The van der Waals surface area contributed by atoms with Crippen molar-refractivity contribution in [1.29, 1.82) is 0 Å². The fourth-order valence-electron chi connectivity index (χ4n) is 2.33. The van der Waals surface area contributed by atoms with Crippen molar-refractivity contribution in [3.05, 3.63) is 35.6 Å². The number of likely N-dealkylation sites (tertiary alicyclic amines) is 1. The Morgan fingerprint density at radius 2 is 2.24 bits per heavy atom. The van der Waals surface area contributed by atoms with Crippen molar-refractivity contribution < 1.29 is 13.9 Å². The Morgan fingerprint density at radius 3 is 2.90 bits per heavy atom. The summed E-state index contributed by atoms with van der Waals surface area (Å²) in [7, 11) is 0.